The number of nitrogens with zero attached hydrogens (tertiary/aromatic N) is 2. The van der Waals surface area contributed by atoms with Crippen LogP contribution < -0.4 is 4.74 Å². The van der Waals surface area contributed by atoms with E-state index in [1.807, 2.05) is 20.8 Å². The molecule has 0 fully saturated rings. The largest absolute Gasteiger partial charge is 0.481 e. The molecule has 0 radical (unpaired) electrons. The molecule has 0 aromatic carbocycles. The van der Waals surface area contributed by atoms with Crippen molar-refractivity contribution in [2.24, 2.45) is 0 Å². The third-order valence-corrected chi connectivity index (χ3v) is 2.11. The Bertz CT molecular complexity index is 353. The molecule has 0 aliphatic heterocycles. The van der Waals surface area contributed by atoms with Gasteiger partial charge in [-0.05, 0) is 27.7 Å². The second-order valence-electron chi connectivity index (χ2n) is 4.39. The predicted octanol–water partition coefficient (Wildman–Crippen LogP) is 2.89. The molecule has 0 saturated carbocycles. The lowest BCUT2D eigenvalue weighted by Gasteiger charge is -2.21. The third kappa shape index (κ3) is 2.11. The van der Waals surface area contributed by atoms with Crippen LogP contribution >= 0.6 is 0 Å². The van der Waals surface area contributed by atoms with Crippen LogP contribution in [0.2, 0.25) is 0 Å². The fourth-order valence-corrected chi connectivity index (χ4v) is 1.42. The summed E-state index contributed by atoms with van der Waals surface area (Å²) in [5.74, 6) is 0.148. The molecule has 0 N–H and O–H groups in total. The van der Waals surface area contributed by atoms with E-state index in [9.17, 15) is 8.78 Å². The van der Waals surface area contributed by atoms with Gasteiger partial charge >= 0.3 is 0 Å². The van der Waals surface area contributed by atoms with Gasteiger partial charge in [0.05, 0.1) is 18.3 Å². The normalized spacial score (nSPS) is 12.3. The van der Waals surface area contributed by atoms with Crippen molar-refractivity contribution in [3.63, 3.8) is 0 Å². The van der Waals surface area contributed by atoms with Gasteiger partial charge in [0.1, 0.15) is 5.56 Å². The van der Waals surface area contributed by atoms with E-state index in [-0.39, 0.29) is 17.0 Å². The number of methoxy groups -OCH3 is 1. The molecule has 0 amide bonds. The van der Waals surface area contributed by atoms with E-state index in [0.29, 0.717) is 5.69 Å². The molecule has 1 rings (SSSR count). The van der Waals surface area contributed by atoms with Crippen molar-refractivity contribution in [1.29, 1.82) is 0 Å². The summed E-state index contributed by atoms with van der Waals surface area (Å²) >= 11 is 0. The lowest BCUT2D eigenvalue weighted by atomic mass is 10.1. The Morgan fingerprint density at radius 3 is 2.20 bits per heavy atom. The Labute approximate surface area is 88.0 Å². The smallest absolute Gasteiger partial charge is 0.270 e. The minimum Gasteiger partial charge on any atom is -0.481 e. The highest BCUT2D eigenvalue weighted by molar-refractivity contribution is 5.33. The van der Waals surface area contributed by atoms with Crippen LogP contribution in [0.1, 0.15) is 38.5 Å². The van der Waals surface area contributed by atoms with E-state index in [1.54, 1.807) is 6.92 Å². The van der Waals surface area contributed by atoms with Gasteiger partial charge in [-0.15, -0.1) is 0 Å². The van der Waals surface area contributed by atoms with Crippen LogP contribution in [0.5, 0.6) is 5.88 Å². The molecule has 0 aliphatic rings. The molecule has 0 aliphatic carbocycles. The summed E-state index contributed by atoms with van der Waals surface area (Å²) in [6.45, 7) is 7.22. The van der Waals surface area contributed by atoms with Gasteiger partial charge in [0.2, 0.25) is 5.88 Å². The van der Waals surface area contributed by atoms with Gasteiger partial charge in [-0.1, -0.05) is 0 Å². The van der Waals surface area contributed by atoms with Gasteiger partial charge in [-0.25, -0.2) is 13.5 Å². The quantitative estimate of drug-likeness (QED) is 0.763. The Morgan fingerprint density at radius 2 is 1.87 bits per heavy atom. The number of aromatic nitrogens is 2. The first-order chi connectivity index (χ1) is 6.79. The van der Waals surface area contributed by atoms with Crippen LogP contribution in [0.3, 0.4) is 0 Å². The topological polar surface area (TPSA) is 27.1 Å². The molecular formula is C10H16F2N2O. The summed E-state index contributed by atoms with van der Waals surface area (Å²) in [7, 11) is 1.38. The lowest BCUT2D eigenvalue weighted by Crippen LogP contribution is -2.24. The van der Waals surface area contributed by atoms with E-state index in [0.717, 1.165) is 0 Å². The number of hydrogen-bond acceptors (Lipinski definition) is 2. The first-order valence-electron chi connectivity index (χ1n) is 4.71. The van der Waals surface area contributed by atoms with Crippen molar-refractivity contribution < 1.29 is 13.5 Å². The number of ether oxygens (including phenoxy) is 1. The Kier molecular flexibility index (Phi) is 3.02. The third-order valence-electron chi connectivity index (χ3n) is 2.11. The maximum absolute atomic E-state index is 12.7. The second kappa shape index (κ2) is 3.79. The van der Waals surface area contributed by atoms with Crippen molar-refractivity contribution >= 4 is 0 Å². The maximum Gasteiger partial charge on any atom is 0.270 e. The minimum absolute atomic E-state index is 0.118. The minimum atomic E-state index is -2.56. The van der Waals surface area contributed by atoms with E-state index >= 15 is 0 Å². The number of halogens is 2. The zero-order valence-electron chi connectivity index (χ0n) is 9.64. The molecule has 5 heteroatoms. The highest BCUT2D eigenvalue weighted by atomic mass is 19.3. The van der Waals surface area contributed by atoms with Gasteiger partial charge in [0.15, 0.2) is 0 Å². The van der Waals surface area contributed by atoms with Crippen LogP contribution in [-0.4, -0.2) is 16.9 Å². The van der Waals surface area contributed by atoms with Crippen LogP contribution in [0.25, 0.3) is 0 Å². The lowest BCUT2D eigenvalue weighted by molar-refractivity contribution is 0.144. The molecule has 15 heavy (non-hydrogen) atoms. The Balaban J connectivity index is 3.38. The van der Waals surface area contributed by atoms with Gasteiger partial charge in [0.25, 0.3) is 6.43 Å². The van der Waals surface area contributed by atoms with Gasteiger partial charge < -0.3 is 4.74 Å². The van der Waals surface area contributed by atoms with Crippen LogP contribution in [0, 0.1) is 6.92 Å². The first kappa shape index (κ1) is 11.9. The molecule has 0 saturated heterocycles. The predicted molar refractivity (Wildman–Crippen MR) is 53.5 cm³/mol. The molecule has 1 aromatic heterocycles. The fourth-order valence-electron chi connectivity index (χ4n) is 1.42. The molecule has 0 atom stereocenters. The summed E-state index contributed by atoms with van der Waals surface area (Å²) in [4.78, 5) is 0. The molecule has 86 valence electrons. The van der Waals surface area contributed by atoms with Crippen LogP contribution in [0.4, 0.5) is 8.78 Å². The molecule has 0 spiro atoms. The molecule has 1 heterocycles. The number of rotatable bonds is 2. The highest BCUT2D eigenvalue weighted by Crippen LogP contribution is 2.34. The van der Waals surface area contributed by atoms with E-state index in [1.165, 1.54) is 11.8 Å². The SMILES string of the molecule is COc1c(C(F)F)c(C)nn1C(C)(C)C. The van der Waals surface area contributed by atoms with Gasteiger partial charge in [-0.2, -0.15) is 5.10 Å². The van der Waals surface area contributed by atoms with Gasteiger partial charge in [0, 0.05) is 0 Å². The number of aryl methyl sites for hydroxylation is 1. The van der Waals surface area contributed by atoms with Crippen LogP contribution in [0.15, 0.2) is 0 Å². The van der Waals surface area contributed by atoms with Crippen molar-refractivity contribution in [3.8, 4) is 5.88 Å². The Hall–Kier alpha value is -1.13. The zero-order chi connectivity index (χ0) is 11.8. The standard InChI is InChI=1S/C10H16F2N2O/c1-6-7(8(11)12)9(15-5)14(13-6)10(2,3)4/h8H,1-5H3. The Morgan fingerprint density at radius 1 is 1.33 bits per heavy atom. The average Bonchev–Trinajstić information content (AvgIpc) is 2.41. The fraction of sp³-hybridized carbons (Fsp3) is 0.700. The first-order valence-corrected chi connectivity index (χ1v) is 4.71. The van der Waals surface area contributed by atoms with Crippen molar-refractivity contribution in [2.45, 2.75) is 39.7 Å². The number of alkyl halides is 2. The summed E-state index contributed by atoms with van der Waals surface area (Å²) in [5.41, 5.74) is -0.173. The second-order valence-corrected chi connectivity index (χ2v) is 4.39. The molecular weight excluding hydrogens is 202 g/mol. The van der Waals surface area contributed by atoms with Crippen LogP contribution in [-0.2, 0) is 5.54 Å². The number of hydrogen-bond donors (Lipinski definition) is 0. The summed E-state index contributed by atoms with van der Waals surface area (Å²) in [6, 6.07) is 0. The summed E-state index contributed by atoms with van der Waals surface area (Å²) < 4.78 is 32.0. The summed E-state index contributed by atoms with van der Waals surface area (Å²) in [5, 5.41) is 4.09. The molecule has 0 unspecified atom stereocenters. The maximum atomic E-state index is 12.7. The molecule has 1 aromatic rings. The summed E-state index contributed by atoms with van der Waals surface area (Å²) in [6.07, 6.45) is -2.56. The van der Waals surface area contributed by atoms with E-state index < -0.39 is 6.43 Å². The van der Waals surface area contributed by atoms with Crippen molar-refractivity contribution in [3.05, 3.63) is 11.3 Å². The van der Waals surface area contributed by atoms with E-state index in [2.05, 4.69) is 5.10 Å². The average molecular weight is 218 g/mol. The zero-order valence-corrected chi connectivity index (χ0v) is 9.64. The van der Waals surface area contributed by atoms with Crippen molar-refractivity contribution in [2.75, 3.05) is 7.11 Å². The monoisotopic (exact) mass is 218 g/mol. The highest BCUT2D eigenvalue weighted by Gasteiger charge is 2.28. The molecule has 0 bridgehead atoms. The van der Waals surface area contributed by atoms with E-state index in [4.69, 9.17) is 4.74 Å². The van der Waals surface area contributed by atoms with Crippen molar-refractivity contribution in [1.82, 2.24) is 9.78 Å². The molecule has 3 nitrogen and oxygen atoms in total. The van der Waals surface area contributed by atoms with Gasteiger partial charge in [-0.3, -0.25) is 0 Å².